The van der Waals surface area contributed by atoms with Gasteiger partial charge in [-0.05, 0) is 42.5 Å². The Morgan fingerprint density at radius 3 is 2.45 bits per heavy atom. The number of hydrogen-bond donors (Lipinski definition) is 3. The molecule has 0 aliphatic heterocycles. The van der Waals surface area contributed by atoms with Crippen molar-refractivity contribution in [1.29, 1.82) is 0 Å². The Kier molecular flexibility index (Phi) is 7.42. The van der Waals surface area contributed by atoms with Gasteiger partial charge in [-0.3, -0.25) is 14.4 Å². The molecule has 0 saturated carbocycles. The van der Waals surface area contributed by atoms with Gasteiger partial charge in [0.05, 0.1) is 22.8 Å². The third-order valence-electron chi connectivity index (χ3n) is 3.88. The molecule has 1 heterocycles. The van der Waals surface area contributed by atoms with E-state index in [1.165, 1.54) is 24.4 Å². The van der Waals surface area contributed by atoms with Crippen molar-refractivity contribution in [2.75, 3.05) is 5.32 Å². The fraction of sp³-hybridized carbons (Fsp3) is 0.0476. The van der Waals surface area contributed by atoms with Crippen LogP contribution in [0.5, 0.6) is 0 Å². The van der Waals surface area contributed by atoms with Gasteiger partial charge in [0.25, 0.3) is 5.91 Å². The molecule has 3 aromatic rings. The first kappa shape index (κ1) is 22.1. The Balaban J connectivity index is 1.46. The third kappa shape index (κ3) is 6.43. The largest absolute Gasteiger partial charge is 0.458 e. The second-order valence-corrected chi connectivity index (χ2v) is 6.95. The van der Waals surface area contributed by atoms with E-state index in [9.17, 15) is 14.4 Å². The second kappa shape index (κ2) is 10.4. The molecule has 158 valence electrons. The van der Waals surface area contributed by atoms with E-state index in [-0.39, 0.29) is 17.5 Å². The lowest BCUT2D eigenvalue weighted by Gasteiger charge is -2.06. The molecule has 0 spiro atoms. The molecule has 0 fully saturated rings. The van der Waals surface area contributed by atoms with Gasteiger partial charge in [-0.2, -0.15) is 5.10 Å². The van der Waals surface area contributed by atoms with Crippen LogP contribution in [-0.2, 0) is 16.1 Å². The highest BCUT2D eigenvalue weighted by Crippen LogP contribution is 2.24. The molecule has 10 heteroatoms. The molecule has 0 aliphatic rings. The van der Waals surface area contributed by atoms with E-state index in [1.54, 1.807) is 42.5 Å². The summed E-state index contributed by atoms with van der Waals surface area (Å²) in [7, 11) is 0. The van der Waals surface area contributed by atoms with E-state index in [4.69, 9.17) is 27.6 Å². The maximum Gasteiger partial charge on any atom is 0.313 e. The van der Waals surface area contributed by atoms with Crippen LogP contribution in [0.2, 0.25) is 10.0 Å². The maximum absolute atomic E-state index is 12.0. The number of furan rings is 1. The number of nitrogens with zero attached hydrogens (tertiary/aromatic N) is 1. The number of anilines is 1. The van der Waals surface area contributed by atoms with Crippen LogP contribution < -0.4 is 16.1 Å². The van der Waals surface area contributed by atoms with Gasteiger partial charge in [0.15, 0.2) is 0 Å². The van der Waals surface area contributed by atoms with E-state index in [0.29, 0.717) is 27.8 Å². The molecular weight excluding hydrogens is 443 g/mol. The zero-order valence-corrected chi connectivity index (χ0v) is 17.4. The van der Waals surface area contributed by atoms with Gasteiger partial charge in [-0.1, -0.05) is 41.4 Å². The quantitative estimate of drug-likeness (QED) is 0.297. The summed E-state index contributed by atoms with van der Waals surface area (Å²) in [6, 6.07) is 16.3. The standard InChI is InChI=1S/C21H16Cl2N4O4/c22-17-9-6-14(10-18(17)23)26-21(30)20(29)24-11-15-7-8-16(31-15)12-25-27-19(28)13-4-2-1-3-5-13/h1-10,12H,11H2,(H,24,29)(H,26,30)(H,27,28)/b25-12-. The van der Waals surface area contributed by atoms with E-state index < -0.39 is 11.8 Å². The molecule has 0 aliphatic carbocycles. The lowest BCUT2D eigenvalue weighted by atomic mass is 10.2. The van der Waals surface area contributed by atoms with Crippen molar-refractivity contribution in [3.8, 4) is 0 Å². The van der Waals surface area contributed by atoms with E-state index in [2.05, 4.69) is 21.2 Å². The number of hydrogen-bond acceptors (Lipinski definition) is 5. The minimum Gasteiger partial charge on any atom is -0.458 e. The highest BCUT2D eigenvalue weighted by Gasteiger charge is 2.14. The van der Waals surface area contributed by atoms with Crippen LogP contribution in [0.25, 0.3) is 0 Å². The van der Waals surface area contributed by atoms with Crippen LogP contribution in [-0.4, -0.2) is 23.9 Å². The molecular formula is C21H16Cl2N4O4. The molecule has 2 aromatic carbocycles. The topological polar surface area (TPSA) is 113 Å². The first-order valence-corrected chi connectivity index (χ1v) is 9.69. The molecule has 0 unspecified atom stereocenters. The molecule has 0 saturated heterocycles. The highest BCUT2D eigenvalue weighted by molar-refractivity contribution is 6.42. The average molecular weight is 459 g/mol. The summed E-state index contributed by atoms with van der Waals surface area (Å²) in [4.78, 5) is 35.8. The molecule has 3 N–H and O–H groups in total. The van der Waals surface area contributed by atoms with Gasteiger partial charge < -0.3 is 15.1 Å². The lowest BCUT2D eigenvalue weighted by Crippen LogP contribution is -2.34. The molecule has 3 rings (SSSR count). The fourth-order valence-corrected chi connectivity index (χ4v) is 2.67. The third-order valence-corrected chi connectivity index (χ3v) is 4.62. The molecule has 0 atom stereocenters. The average Bonchev–Trinajstić information content (AvgIpc) is 3.22. The van der Waals surface area contributed by atoms with E-state index in [1.807, 2.05) is 0 Å². The number of carbonyl (C=O) groups excluding carboxylic acids is 3. The zero-order valence-electron chi connectivity index (χ0n) is 15.9. The van der Waals surface area contributed by atoms with Crippen molar-refractivity contribution < 1.29 is 18.8 Å². The van der Waals surface area contributed by atoms with Gasteiger partial charge >= 0.3 is 11.8 Å². The van der Waals surface area contributed by atoms with Crippen molar-refractivity contribution in [1.82, 2.24) is 10.7 Å². The summed E-state index contributed by atoms with van der Waals surface area (Å²) in [6.07, 6.45) is 1.32. The molecule has 31 heavy (non-hydrogen) atoms. The Hall–Kier alpha value is -3.62. The SMILES string of the molecule is O=C(NCc1ccc(/C=N\NC(=O)c2ccccc2)o1)C(=O)Nc1ccc(Cl)c(Cl)c1. The van der Waals surface area contributed by atoms with Gasteiger partial charge in [-0.15, -0.1) is 0 Å². The number of nitrogens with one attached hydrogen (secondary N) is 3. The summed E-state index contributed by atoms with van der Waals surface area (Å²) >= 11 is 11.7. The Morgan fingerprint density at radius 2 is 1.71 bits per heavy atom. The van der Waals surface area contributed by atoms with Crippen molar-refractivity contribution in [2.45, 2.75) is 6.54 Å². The Bertz CT molecular complexity index is 1130. The van der Waals surface area contributed by atoms with Crippen molar-refractivity contribution >= 4 is 52.8 Å². The second-order valence-electron chi connectivity index (χ2n) is 6.13. The minimum atomic E-state index is -0.865. The van der Waals surface area contributed by atoms with E-state index >= 15 is 0 Å². The van der Waals surface area contributed by atoms with Crippen LogP contribution in [0, 0.1) is 0 Å². The van der Waals surface area contributed by atoms with E-state index in [0.717, 1.165) is 0 Å². The van der Waals surface area contributed by atoms with Crippen molar-refractivity contribution in [3.05, 3.63) is 87.8 Å². The van der Waals surface area contributed by atoms with Gasteiger partial charge in [-0.25, -0.2) is 5.43 Å². The molecule has 0 bridgehead atoms. The summed E-state index contributed by atoms with van der Waals surface area (Å²) < 4.78 is 5.47. The Morgan fingerprint density at radius 1 is 0.935 bits per heavy atom. The molecule has 8 nitrogen and oxygen atoms in total. The molecule has 0 radical (unpaired) electrons. The van der Waals surface area contributed by atoms with Gasteiger partial charge in [0, 0.05) is 11.3 Å². The summed E-state index contributed by atoms with van der Waals surface area (Å²) in [5.41, 5.74) is 3.19. The first-order chi connectivity index (χ1) is 14.9. The minimum absolute atomic E-state index is 0.0160. The van der Waals surface area contributed by atoms with Crippen LogP contribution in [0.4, 0.5) is 5.69 Å². The number of benzene rings is 2. The summed E-state index contributed by atoms with van der Waals surface area (Å²) in [6.45, 7) is -0.0160. The number of amides is 3. The van der Waals surface area contributed by atoms with Crippen molar-refractivity contribution in [2.24, 2.45) is 5.10 Å². The number of rotatable bonds is 6. The smallest absolute Gasteiger partial charge is 0.313 e. The number of halogens is 2. The van der Waals surface area contributed by atoms with Gasteiger partial charge in [0.1, 0.15) is 11.5 Å². The van der Waals surface area contributed by atoms with Crippen LogP contribution in [0.15, 0.2) is 70.2 Å². The van der Waals surface area contributed by atoms with Crippen LogP contribution in [0.1, 0.15) is 21.9 Å². The summed E-state index contributed by atoms with van der Waals surface area (Å²) in [5, 5.41) is 9.27. The van der Waals surface area contributed by atoms with Crippen LogP contribution >= 0.6 is 23.2 Å². The monoisotopic (exact) mass is 458 g/mol. The summed E-state index contributed by atoms with van der Waals surface area (Å²) in [5.74, 6) is -1.32. The fourth-order valence-electron chi connectivity index (χ4n) is 2.38. The molecule has 3 amide bonds. The predicted molar refractivity (Wildman–Crippen MR) is 117 cm³/mol. The number of carbonyl (C=O) groups is 3. The van der Waals surface area contributed by atoms with Gasteiger partial charge in [0.2, 0.25) is 0 Å². The Labute approximate surface area is 187 Å². The maximum atomic E-state index is 12.0. The van der Waals surface area contributed by atoms with Crippen molar-refractivity contribution in [3.63, 3.8) is 0 Å². The normalized spacial score (nSPS) is 10.6. The highest BCUT2D eigenvalue weighted by atomic mass is 35.5. The zero-order chi connectivity index (χ0) is 22.2. The molecule has 1 aromatic heterocycles. The van der Waals surface area contributed by atoms with Crippen LogP contribution in [0.3, 0.4) is 0 Å². The lowest BCUT2D eigenvalue weighted by molar-refractivity contribution is -0.136. The number of hydrazone groups is 1. The first-order valence-electron chi connectivity index (χ1n) is 8.94. The predicted octanol–water partition coefficient (Wildman–Crippen LogP) is 3.61.